The zero-order valence-corrected chi connectivity index (χ0v) is 14.6. The van der Waals surface area contributed by atoms with Gasteiger partial charge in [-0.15, -0.1) is 11.3 Å². The fraction of sp³-hybridized carbons (Fsp3) is 0.235. The van der Waals surface area contributed by atoms with Crippen LogP contribution < -0.4 is 11.2 Å². The standard InChI is InChI=1S/C17H15F2N3O3S/c1-2-22-6-9(17(24)25)16(23)8-5-10(18)13(14(19)15(8)22)11-7-26-12(21-11)3-4-20/h5-7H,2-4,20H2,1H3,(H,24,25). The van der Waals surface area contributed by atoms with E-state index in [1.807, 2.05) is 0 Å². The number of nitrogens with zero attached hydrogens (tertiary/aromatic N) is 2. The molecule has 0 aliphatic carbocycles. The second-order valence-corrected chi connectivity index (χ2v) is 6.51. The number of rotatable bonds is 5. The summed E-state index contributed by atoms with van der Waals surface area (Å²) in [6.45, 7) is 2.23. The van der Waals surface area contributed by atoms with Crippen LogP contribution in [0, 0.1) is 11.6 Å². The van der Waals surface area contributed by atoms with Crippen molar-refractivity contribution in [3.05, 3.63) is 50.1 Å². The summed E-state index contributed by atoms with van der Waals surface area (Å²) in [5.74, 6) is -3.36. The molecule has 0 spiro atoms. The van der Waals surface area contributed by atoms with Crippen LogP contribution in [-0.4, -0.2) is 27.2 Å². The molecule has 3 N–H and O–H groups in total. The zero-order valence-electron chi connectivity index (χ0n) is 13.8. The fourth-order valence-corrected chi connectivity index (χ4v) is 3.59. The second kappa shape index (κ2) is 6.93. The lowest BCUT2D eigenvalue weighted by Crippen LogP contribution is -2.20. The first-order chi connectivity index (χ1) is 12.4. The van der Waals surface area contributed by atoms with Crippen LogP contribution in [0.25, 0.3) is 22.2 Å². The Hall–Kier alpha value is -2.65. The number of aryl methyl sites for hydroxylation is 1. The third-order valence-electron chi connectivity index (χ3n) is 3.99. The largest absolute Gasteiger partial charge is 0.477 e. The predicted molar refractivity (Wildman–Crippen MR) is 94.6 cm³/mol. The molecule has 0 saturated heterocycles. The minimum absolute atomic E-state index is 0.118. The van der Waals surface area contributed by atoms with Gasteiger partial charge in [0.05, 0.1) is 27.2 Å². The highest BCUT2D eigenvalue weighted by molar-refractivity contribution is 7.09. The maximum absolute atomic E-state index is 15.2. The molecule has 0 aliphatic rings. The van der Waals surface area contributed by atoms with Crippen molar-refractivity contribution in [3.8, 4) is 11.3 Å². The van der Waals surface area contributed by atoms with Crippen LogP contribution in [-0.2, 0) is 13.0 Å². The van der Waals surface area contributed by atoms with Crippen LogP contribution in [0.3, 0.4) is 0 Å². The summed E-state index contributed by atoms with van der Waals surface area (Å²) < 4.78 is 31.1. The van der Waals surface area contributed by atoms with Gasteiger partial charge in [0.1, 0.15) is 11.4 Å². The summed E-state index contributed by atoms with van der Waals surface area (Å²) in [6, 6.07) is 0.872. The Kier molecular flexibility index (Phi) is 4.84. The van der Waals surface area contributed by atoms with E-state index in [1.165, 1.54) is 21.3 Å². The van der Waals surface area contributed by atoms with Gasteiger partial charge in [-0.25, -0.2) is 18.6 Å². The highest BCUT2D eigenvalue weighted by Crippen LogP contribution is 2.32. The van der Waals surface area contributed by atoms with Gasteiger partial charge in [-0.3, -0.25) is 4.79 Å². The van der Waals surface area contributed by atoms with Gasteiger partial charge in [0, 0.05) is 24.5 Å². The number of carboxylic acid groups (broad SMARTS) is 1. The van der Waals surface area contributed by atoms with Crippen molar-refractivity contribution in [2.75, 3.05) is 6.54 Å². The van der Waals surface area contributed by atoms with E-state index in [-0.39, 0.29) is 28.7 Å². The predicted octanol–water partition coefficient (Wildman–Crippen LogP) is 2.62. The Bertz CT molecular complexity index is 1080. The highest BCUT2D eigenvalue weighted by Gasteiger charge is 2.23. The third-order valence-corrected chi connectivity index (χ3v) is 4.90. The molecule has 0 radical (unpaired) electrons. The molecule has 0 unspecified atom stereocenters. The third kappa shape index (κ3) is 2.89. The molecule has 0 amide bonds. The van der Waals surface area contributed by atoms with Gasteiger partial charge in [0.25, 0.3) is 0 Å². The first-order valence-electron chi connectivity index (χ1n) is 7.82. The Labute approximate surface area is 150 Å². The lowest BCUT2D eigenvalue weighted by Gasteiger charge is -2.13. The maximum atomic E-state index is 15.2. The number of halogens is 2. The van der Waals surface area contributed by atoms with E-state index in [1.54, 1.807) is 6.92 Å². The molecular weight excluding hydrogens is 364 g/mol. The zero-order chi connectivity index (χ0) is 19.0. The highest BCUT2D eigenvalue weighted by atomic mass is 32.1. The van der Waals surface area contributed by atoms with Crippen molar-refractivity contribution in [1.29, 1.82) is 0 Å². The minimum Gasteiger partial charge on any atom is -0.477 e. The van der Waals surface area contributed by atoms with Crippen LogP contribution in [0.15, 0.2) is 22.4 Å². The molecule has 0 aliphatic heterocycles. The summed E-state index contributed by atoms with van der Waals surface area (Å²) in [5, 5.41) is 11.0. The SMILES string of the molecule is CCn1cc(C(=O)O)c(=O)c2cc(F)c(-c3csc(CCN)n3)c(F)c21. The Balaban J connectivity index is 2.35. The van der Waals surface area contributed by atoms with Crippen molar-refractivity contribution in [3.63, 3.8) is 0 Å². The summed E-state index contributed by atoms with van der Waals surface area (Å²) in [4.78, 5) is 27.8. The van der Waals surface area contributed by atoms with Crippen LogP contribution in [0.1, 0.15) is 22.3 Å². The summed E-state index contributed by atoms with van der Waals surface area (Å²) in [6.07, 6.45) is 1.56. The van der Waals surface area contributed by atoms with Gasteiger partial charge >= 0.3 is 5.97 Å². The normalized spacial score (nSPS) is 11.2. The number of hydrogen-bond donors (Lipinski definition) is 2. The Morgan fingerprint density at radius 1 is 1.42 bits per heavy atom. The van der Waals surface area contributed by atoms with Gasteiger partial charge < -0.3 is 15.4 Å². The van der Waals surface area contributed by atoms with E-state index in [9.17, 15) is 14.0 Å². The maximum Gasteiger partial charge on any atom is 0.341 e. The van der Waals surface area contributed by atoms with Gasteiger partial charge in [-0.2, -0.15) is 0 Å². The van der Waals surface area contributed by atoms with Gasteiger partial charge in [-0.1, -0.05) is 0 Å². The van der Waals surface area contributed by atoms with E-state index < -0.39 is 28.6 Å². The first kappa shape index (κ1) is 18.2. The fourth-order valence-electron chi connectivity index (χ4n) is 2.79. The smallest absolute Gasteiger partial charge is 0.341 e. The quantitative estimate of drug-likeness (QED) is 0.710. The van der Waals surface area contributed by atoms with Crippen molar-refractivity contribution in [2.45, 2.75) is 19.9 Å². The minimum atomic E-state index is -1.45. The lowest BCUT2D eigenvalue weighted by molar-refractivity contribution is 0.0695. The van der Waals surface area contributed by atoms with Gasteiger partial charge in [0.15, 0.2) is 5.82 Å². The molecule has 1 aromatic carbocycles. The first-order valence-corrected chi connectivity index (χ1v) is 8.70. The Morgan fingerprint density at radius 3 is 2.77 bits per heavy atom. The van der Waals surface area contributed by atoms with Crippen molar-refractivity contribution < 1.29 is 18.7 Å². The molecule has 3 aromatic rings. The average molecular weight is 379 g/mol. The van der Waals surface area contributed by atoms with Crippen molar-refractivity contribution in [1.82, 2.24) is 9.55 Å². The number of carbonyl (C=O) groups is 1. The summed E-state index contributed by atoms with van der Waals surface area (Å²) in [7, 11) is 0. The molecular formula is C17H15F2N3O3S. The number of fused-ring (bicyclic) bond motifs is 1. The number of carboxylic acids is 1. The monoisotopic (exact) mass is 379 g/mol. The van der Waals surface area contributed by atoms with E-state index >= 15 is 4.39 Å². The van der Waals surface area contributed by atoms with Gasteiger partial charge in [0.2, 0.25) is 5.43 Å². The topological polar surface area (TPSA) is 98.2 Å². The molecule has 136 valence electrons. The number of nitrogens with two attached hydrogens (primary N) is 1. The lowest BCUT2D eigenvalue weighted by atomic mass is 10.0. The number of thiazole rings is 1. The average Bonchev–Trinajstić information content (AvgIpc) is 3.04. The van der Waals surface area contributed by atoms with Crippen molar-refractivity contribution in [2.24, 2.45) is 5.73 Å². The van der Waals surface area contributed by atoms with E-state index in [2.05, 4.69) is 4.98 Å². The number of aromatic carboxylic acids is 1. The molecule has 3 rings (SSSR count). The Morgan fingerprint density at radius 2 is 2.15 bits per heavy atom. The molecule has 6 nitrogen and oxygen atoms in total. The molecule has 9 heteroatoms. The van der Waals surface area contributed by atoms with Crippen LogP contribution in [0.4, 0.5) is 8.78 Å². The van der Waals surface area contributed by atoms with Crippen LogP contribution in [0.5, 0.6) is 0 Å². The molecule has 0 saturated carbocycles. The molecule has 0 fully saturated rings. The van der Waals surface area contributed by atoms with E-state index in [4.69, 9.17) is 10.8 Å². The molecule has 26 heavy (non-hydrogen) atoms. The van der Waals surface area contributed by atoms with Gasteiger partial charge in [-0.05, 0) is 19.5 Å². The second-order valence-electron chi connectivity index (χ2n) is 5.57. The number of pyridine rings is 1. The molecule has 2 aromatic heterocycles. The number of hydrogen-bond acceptors (Lipinski definition) is 5. The molecule has 2 heterocycles. The molecule has 0 bridgehead atoms. The van der Waals surface area contributed by atoms with Crippen molar-refractivity contribution >= 4 is 28.2 Å². The van der Waals surface area contributed by atoms with E-state index in [0.29, 0.717) is 18.0 Å². The number of benzene rings is 1. The molecule has 0 atom stereocenters. The number of aromatic nitrogens is 2. The van der Waals surface area contributed by atoms with E-state index in [0.717, 1.165) is 12.3 Å². The summed E-state index contributed by atoms with van der Waals surface area (Å²) >= 11 is 1.24. The van der Waals surface area contributed by atoms with Crippen LogP contribution >= 0.6 is 11.3 Å². The summed E-state index contributed by atoms with van der Waals surface area (Å²) in [5.41, 5.74) is 3.63. The van der Waals surface area contributed by atoms with Crippen LogP contribution in [0.2, 0.25) is 0 Å².